The molecular weight excluding hydrogens is 416 g/mol. The first kappa shape index (κ1) is 19.7. The lowest BCUT2D eigenvalue weighted by Gasteiger charge is -2.31. The number of nitrogens with one attached hydrogen (secondary N) is 1. The molecule has 0 radical (unpaired) electrons. The number of allylic oxidation sites excluding steroid dienone is 2. The fraction of sp³-hybridized carbons (Fsp3) is 0.682. The lowest BCUT2D eigenvalue weighted by atomic mass is 9.88. The van der Waals surface area contributed by atoms with Crippen LogP contribution in [-0.4, -0.2) is 52.8 Å². The van der Waals surface area contributed by atoms with Crippen LogP contribution in [0.3, 0.4) is 0 Å². The van der Waals surface area contributed by atoms with E-state index in [-0.39, 0.29) is 30.0 Å². The van der Waals surface area contributed by atoms with Crippen molar-refractivity contribution in [2.24, 2.45) is 23.2 Å². The first-order valence-corrected chi connectivity index (χ1v) is 13.2. The van der Waals surface area contributed by atoms with Crippen LogP contribution >= 0.6 is 0 Å². The highest BCUT2D eigenvalue weighted by Gasteiger charge is 2.64. The Morgan fingerprint density at radius 1 is 1.26 bits per heavy atom. The van der Waals surface area contributed by atoms with Crippen LogP contribution in [-0.2, 0) is 27.8 Å². The van der Waals surface area contributed by atoms with E-state index in [0.717, 1.165) is 19.3 Å². The summed E-state index contributed by atoms with van der Waals surface area (Å²) in [5, 5.41) is 0. The molecule has 9 heteroatoms. The van der Waals surface area contributed by atoms with Crippen molar-refractivity contribution >= 4 is 15.9 Å². The minimum Gasteiger partial charge on any atom is -0.332 e. The predicted molar refractivity (Wildman–Crippen MR) is 113 cm³/mol. The SMILES string of the molecule is CS(=O)(=O)N1CCc2c(nc([C@@H]3CCCN3C(=O)[C@@H]3C[C@H]4C=C[C@H]3C43CC3)[nH]c2=O)C1. The van der Waals surface area contributed by atoms with Crippen molar-refractivity contribution in [2.75, 3.05) is 19.3 Å². The third-order valence-corrected chi connectivity index (χ3v) is 9.67. The Balaban J connectivity index is 1.29. The Morgan fingerprint density at radius 2 is 2.06 bits per heavy atom. The standard InChI is InChI=1S/C22H28N4O4S/c1-31(29,30)25-10-6-14-17(12-25)23-19(24-20(14)27)18-3-2-9-26(18)21(28)15-11-13-4-5-16(15)22(13)7-8-22/h4-5,13,15-16,18H,2-3,6-12H2,1H3,(H,23,24,27)/t13-,15-,16-,18+/m1/s1. The summed E-state index contributed by atoms with van der Waals surface area (Å²) < 4.78 is 25.3. The van der Waals surface area contributed by atoms with Gasteiger partial charge < -0.3 is 9.88 Å². The highest BCUT2D eigenvalue weighted by molar-refractivity contribution is 7.88. The summed E-state index contributed by atoms with van der Waals surface area (Å²) in [7, 11) is -3.35. The second kappa shape index (κ2) is 6.51. The van der Waals surface area contributed by atoms with Crippen molar-refractivity contribution in [2.45, 2.75) is 51.1 Å². The normalized spacial score (nSPS) is 33.3. The second-order valence-electron chi connectivity index (χ2n) is 10.0. The molecule has 1 amide bonds. The summed E-state index contributed by atoms with van der Waals surface area (Å²) in [6.07, 6.45) is 11.2. The van der Waals surface area contributed by atoms with Crippen LogP contribution < -0.4 is 5.56 Å². The molecule has 166 valence electrons. The number of hydrogen-bond donors (Lipinski definition) is 1. The molecule has 0 unspecified atom stereocenters. The van der Waals surface area contributed by atoms with Gasteiger partial charge >= 0.3 is 0 Å². The molecule has 3 heterocycles. The minimum absolute atomic E-state index is 0.0446. The molecule has 0 aromatic carbocycles. The lowest BCUT2D eigenvalue weighted by Crippen LogP contribution is -2.41. The number of carbonyl (C=O) groups is 1. The molecule has 2 bridgehead atoms. The monoisotopic (exact) mass is 444 g/mol. The van der Waals surface area contributed by atoms with Gasteiger partial charge in [0.1, 0.15) is 5.82 Å². The molecule has 2 aliphatic heterocycles. The molecule has 1 spiro atoms. The number of hydrogen-bond acceptors (Lipinski definition) is 5. The molecule has 3 aliphatic carbocycles. The zero-order valence-corrected chi connectivity index (χ0v) is 18.5. The van der Waals surface area contributed by atoms with Crippen molar-refractivity contribution in [3.8, 4) is 0 Å². The first-order chi connectivity index (χ1) is 14.8. The lowest BCUT2D eigenvalue weighted by molar-refractivity contribution is -0.137. The van der Waals surface area contributed by atoms with Crippen molar-refractivity contribution in [1.82, 2.24) is 19.2 Å². The maximum atomic E-state index is 13.6. The van der Waals surface area contributed by atoms with Gasteiger partial charge in [0, 0.05) is 24.6 Å². The van der Waals surface area contributed by atoms with E-state index >= 15 is 0 Å². The molecule has 1 aromatic heterocycles. The Kier molecular flexibility index (Phi) is 4.13. The van der Waals surface area contributed by atoms with Gasteiger partial charge in [-0.15, -0.1) is 0 Å². The summed E-state index contributed by atoms with van der Waals surface area (Å²) in [4.78, 5) is 35.9. The molecule has 5 aliphatic rings. The number of amides is 1. The van der Waals surface area contributed by atoms with Crippen LogP contribution in [0.5, 0.6) is 0 Å². The van der Waals surface area contributed by atoms with Crippen LogP contribution in [0, 0.1) is 23.2 Å². The summed E-state index contributed by atoms with van der Waals surface area (Å²) in [6, 6.07) is -0.239. The highest BCUT2D eigenvalue weighted by atomic mass is 32.2. The van der Waals surface area contributed by atoms with Crippen LogP contribution in [0.2, 0.25) is 0 Å². The molecule has 31 heavy (non-hydrogen) atoms. The summed E-state index contributed by atoms with van der Waals surface area (Å²) in [5.41, 5.74) is 1.25. The zero-order valence-electron chi connectivity index (χ0n) is 17.7. The second-order valence-corrected chi connectivity index (χ2v) is 12.0. The van der Waals surface area contributed by atoms with Gasteiger partial charge in [0.25, 0.3) is 5.56 Å². The number of fused-ring (bicyclic) bond motifs is 1. The molecule has 1 saturated heterocycles. The smallest absolute Gasteiger partial charge is 0.254 e. The van der Waals surface area contributed by atoms with E-state index < -0.39 is 10.0 Å². The van der Waals surface area contributed by atoms with Gasteiger partial charge in [-0.2, -0.15) is 4.31 Å². The number of rotatable bonds is 3. The number of sulfonamides is 1. The van der Waals surface area contributed by atoms with Gasteiger partial charge in [0.15, 0.2) is 0 Å². The predicted octanol–water partition coefficient (Wildman–Crippen LogP) is 1.35. The van der Waals surface area contributed by atoms with Gasteiger partial charge in [-0.25, -0.2) is 13.4 Å². The van der Waals surface area contributed by atoms with Gasteiger partial charge in [-0.1, -0.05) is 12.2 Å². The van der Waals surface area contributed by atoms with E-state index in [1.165, 1.54) is 23.4 Å². The zero-order chi connectivity index (χ0) is 21.5. The molecule has 2 saturated carbocycles. The van der Waals surface area contributed by atoms with Gasteiger partial charge in [-0.05, 0) is 55.8 Å². The van der Waals surface area contributed by atoms with E-state index in [9.17, 15) is 18.0 Å². The van der Waals surface area contributed by atoms with Crippen molar-refractivity contribution < 1.29 is 13.2 Å². The maximum absolute atomic E-state index is 13.6. The fourth-order valence-electron chi connectivity index (χ4n) is 6.66. The molecule has 3 fully saturated rings. The number of H-pyrrole nitrogens is 1. The van der Waals surface area contributed by atoms with E-state index in [0.29, 0.717) is 53.8 Å². The van der Waals surface area contributed by atoms with Crippen LogP contribution in [0.1, 0.15) is 55.2 Å². The van der Waals surface area contributed by atoms with Crippen LogP contribution in [0.15, 0.2) is 16.9 Å². The Hall–Kier alpha value is -2.00. The topological polar surface area (TPSA) is 103 Å². The molecule has 1 aromatic rings. The number of carbonyl (C=O) groups excluding carboxylic acids is 1. The summed E-state index contributed by atoms with van der Waals surface area (Å²) in [5.74, 6) is 1.66. The first-order valence-electron chi connectivity index (χ1n) is 11.3. The summed E-state index contributed by atoms with van der Waals surface area (Å²) >= 11 is 0. The third kappa shape index (κ3) is 2.88. The Labute approximate surface area is 181 Å². The maximum Gasteiger partial charge on any atom is 0.254 e. The Morgan fingerprint density at radius 3 is 2.77 bits per heavy atom. The molecule has 6 rings (SSSR count). The van der Waals surface area contributed by atoms with Crippen LogP contribution in [0.25, 0.3) is 0 Å². The summed E-state index contributed by atoms with van der Waals surface area (Å²) in [6.45, 7) is 1.10. The number of aromatic nitrogens is 2. The number of likely N-dealkylation sites (tertiary alicyclic amines) is 1. The van der Waals surface area contributed by atoms with Crippen molar-refractivity contribution in [3.63, 3.8) is 0 Å². The fourth-order valence-corrected chi connectivity index (χ4v) is 7.44. The minimum atomic E-state index is -3.35. The van der Waals surface area contributed by atoms with Crippen LogP contribution in [0.4, 0.5) is 0 Å². The molecule has 8 nitrogen and oxygen atoms in total. The van der Waals surface area contributed by atoms with Gasteiger partial charge in [-0.3, -0.25) is 9.59 Å². The van der Waals surface area contributed by atoms with E-state index in [4.69, 9.17) is 4.98 Å². The average molecular weight is 445 g/mol. The van der Waals surface area contributed by atoms with Gasteiger partial charge in [0.05, 0.1) is 24.5 Å². The Bertz CT molecular complexity index is 1150. The average Bonchev–Trinajstić information content (AvgIpc) is 3.12. The van der Waals surface area contributed by atoms with E-state index in [2.05, 4.69) is 17.1 Å². The molecular formula is C22H28N4O4S. The largest absolute Gasteiger partial charge is 0.332 e. The van der Waals surface area contributed by atoms with Gasteiger partial charge in [0.2, 0.25) is 15.9 Å². The number of nitrogens with zero attached hydrogens (tertiary/aromatic N) is 3. The molecule has 4 atom stereocenters. The quantitative estimate of drug-likeness (QED) is 0.709. The number of aromatic amines is 1. The van der Waals surface area contributed by atoms with E-state index in [1.54, 1.807) is 0 Å². The van der Waals surface area contributed by atoms with Crippen molar-refractivity contribution in [3.05, 3.63) is 39.6 Å². The van der Waals surface area contributed by atoms with E-state index in [1.807, 2.05) is 4.90 Å². The van der Waals surface area contributed by atoms with Crippen molar-refractivity contribution in [1.29, 1.82) is 0 Å². The molecule has 1 N–H and O–H groups in total. The third-order valence-electron chi connectivity index (χ3n) is 8.42. The highest BCUT2D eigenvalue weighted by Crippen LogP contribution is 2.70.